The summed E-state index contributed by atoms with van der Waals surface area (Å²) in [5.41, 5.74) is -0.705. The summed E-state index contributed by atoms with van der Waals surface area (Å²) in [6.07, 6.45) is 0.783. The van der Waals surface area contributed by atoms with Gasteiger partial charge in [0.15, 0.2) is 0 Å². The van der Waals surface area contributed by atoms with E-state index in [0.717, 1.165) is 12.3 Å². The number of hydrogen-bond donors (Lipinski definition) is 0. The zero-order valence-electron chi connectivity index (χ0n) is 7.01. The van der Waals surface area contributed by atoms with Gasteiger partial charge in [0.25, 0.3) is 0 Å². The number of rotatable bonds is 3. The predicted molar refractivity (Wildman–Crippen MR) is 44.1 cm³/mol. The van der Waals surface area contributed by atoms with Gasteiger partial charge in [0, 0.05) is 6.20 Å². The summed E-state index contributed by atoms with van der Waals surface area (Å²) in [5, 5.41) is 0. The van der Waals surface area contributed by atoms with E-state index in [1.165, 1.54) is 6.07 Å². The van der Waals surface area contributed by atoms with Crippen LogP contribution in [0.3, 0.4) is 0 Å². The lowest BCUT2D eigenvalue weighted by atomic mass is 9.82. The average molecular weight is 190 g/mol. The highest BCUT2D eigenvalue weighted by Crippen LogP contribution is 2.10. The lowest BCUT2D eigenvalue weighted by molar-refractivity contribution is 0.327. The zero-order chi connectivity index (χ0) is 9.90. The molecule has 2 nitrogen and oxygen atoms in total. The molecule has 0 bridgehead atoms. The Morgan fingerprint density at radius 3 is 2.46 bits per heavy atom. The minimum Gasteiger partial charge on any atom is -0.478 e. The van der Waals surface area contributed by atoms with E-state index in [9.17, 15) is 12.9 Å². The van der Waals surface area contributed by atoms with E-state index in [2.05, 4.69) is 4.98 Å². The molecule has 0 radical (unpaired) electrons. The second-order valence-electron chi connectivity index (χ2n) is 2.44. The minimum atomic E-state index is -4.95. The fourth-order valence-corrected chi connectivity index (χ4v) is 0.819. The highest BCUT2D eigenvalue weighted by atomic mass is 19.4. The zero-order valence-corrected chi connectivity index (χ0v) is 7.01. The van der Waals surface area contributed by atoms with Crippen LogP contribution < -0.4 is 10.2 Å². The number of halogens is 3. The molecule has 0 saturated heterocycles. The van der Waals surface area contributed by atoms with Crippen molar-refractivity contribution in [1.29, 1.82) is 0 Å². The molecule has 1 aromatic heterocycles. The van der Waals surface area contributed by atoms with Crippen molar-refractivity contribution < 1.29 is 17.7 Å². The molecule has 0 atom stereocenters. The topological polar surface area (TPSA) is 22.1 Å². The van der Waals surface area contributed by atoms with Gasteiger partial charge in [0.2, 0.25) is 5.88 Å². The molecule has 6 heteroatoms. The summed E-state index contributed by atoms with van der Waals surface area (Å²) in [5.74, 6) is 0.214. The van der Waals surface area contributed by atoms with Crippen LogP contribution in [0.5, 0.6) is 5.88 Å². The van der Waals surface area contributed by atoms with E-state index in [1.54, 1.807) is 6.92 Å². The van der Waals surface area contributed by atoms with E-state index < -0.39 is 12.4 Å². The number of pyridine rings is 1. The van der Waals surface area contributed by atoms with Crippen LogP contribution in [0, 0.1) is 0 Å². The van der Waals surface area contributed by atoms with Crippen LogP contribution in [0.2, 0.25) is 0 Å². The van der Waals surface area contributed by atoms with Crippen LogP contribution in [0.25, 0.3) is 0 Å². The molecule has 0 aromatic carbocycles. The molecule has 1 rings (SSSR count). The van der Waals surface area contributed by atoms with Crippen molar-refractivity contribution in [3.8, 4) is 5.88 Å². The highest BCUT2D eigenvalue weighted by Gasteiger charge is 2.25. The van der Waals surface area contributed by atoms with Crippen LogP contribution in [-0.2, 0) is 0 Å². The van der Waals surface area contributed by atoms with Crippen molar-refractivity contribution in [1.82, 2.24) is 4.98 Å². The highest BCUT2D eigenvalue weighted by molar-refractivity contribution is 6.73. The van der Waals surface area contributed by atoms with Gasteiger partial charge in [-0.3, -0.25) is 0 Å². The molecule has 0 spiro atoms. The van der Waals surface area contributed by atoms with Gasteiger partial charge in [-0.25, -0.2) is 4.98 Å². The Morgan fingerprint density at radius 1 is 1.38 bits per heavy atom. The number of hydrogen-bond acceptors (Lipinski definition) is 2. The first-order chi connectivity index (χ1) is 6.04. The molecule has 0 amide bonds. The Bertz CT molecular complexity index is 272. The lowest BCUT2D eigenvalue weighted by Crippen LogP contribution is -2.34. The quantitative estimate of drug-likeness (QED) is 0.674. The molecule has 0 N–H and O–H groups in total. The Labute approximate surface area is 73.8 Å². The van der Waals surface area contributed by atoms with Crippen molar-refractivity contribution in [2.45, 2.75) is 6.92 Å². The van der Waals surface area contributed by atoms with Gasteiger partial charge < -0.3 is 17.7 Å². The second kappa shape index (κ2) is 3.68. The SMILES string of the molecule is CCOc1ccc([B-](F)(F)F)cn1. The molecule has 1 aromatic rings. The number of ether oxygens (including phenoxy) is 1. The van der Waals surface area contributed by atoms with Gasteiger partial charge in [0.05, 0.1) is 6.61 Å². The van der Waals surface area contributed by atoms with Gasteiger partial charge in [-0.15, -0.1) is 0 Å². The maximum atomic E-state index is 12.1. The van der Waals surface area contributed by atoms with Crippen LogP contribution in [-0.4, -0.2) is 18.6 Å². The van der Waals surface area contributed by atoms with Crippen LogP contribution in [0.15, 0.2) is 18.3 Å². The fraction of sp³-hybridized carbons (Fsp3) is 0.286. The summed E-state index contributed by atoms with van der Waals surface area (Å²) in [6.45, 7) is -2.82. The third kappa shape index (κ3) is 2.64. The third-order valence-electron chi connectivity index (χ3n) is 1.43. The Kier molecular flexibility index (Phi) is 2.80. The minimum absolute atomic E-state index is 0.214. The molecular formula is C7H8BF3NO-. The Morgan fingerprint density at radius 2 is 2.08 bits per heavy atom. The standard InChI is InChI=1S/C7H8BF3NO/c1-2-13-7-4-3-6(5-12-7)8(9,10)11/h3-5H,2H2,1H3/q-1. The first kappa shape index (κ1) is 9.89. The van der Waals surface area contributed by atoms with Crippen molar-refractivity contribution in [2.75, 3.05) is 6.61 Å². The van der Waals surface area contributed by atoms with Crippen molar-refractivity contribution in [3.05, 3.63) is 18.3 Å². The summed E-state index contributed by atoms with van der Waals surface area (Å²) in [7, 11) is 0. The summed E-state index contributed by atoms with van der Waals surface area (Å²) >= 11 is 0. The molecule has 0 fully saturated rings. The van der Waals surface area contributed by atoms with Gasteiger partial charge in [-0.2, -0.15) is 0 Å². The number of nitrogens with zero attached hydrogens (tertiary/aromatic N) is 1. The number of aromatic nitrogens is 1. The van der Waals surface area contributed by atoms with Crippen LogP contribution >= 0.6 is 0 Å². The van der Waals surface area contributed by atoms with Crippen LogP contribution in [0.4, 0.5) is 12.9 Å². The summed E-state index contributed by atoms with van der Waals surface area (Å²) < 4.78 is 41.2. The molecule has 1 heterocycles. The maximum Gasteiger partial charge on any atom is 0.511 e. The Hall–Kier alpha value is -1.20. The predicted octanol–water partition coefficient (Wildman–Crippen LogP) is 1.53. The second-order valence-corrected chi connectivity index (χ2v) is 2.44. The molecule has 0 saturated carbocycles. The fourth-order valence-electron chi connectivity index (χ4n) is 0.819. The smallest absolute Gasteiger partial charge is 0.478 e. The van der Waals surface area contributed by atoms with Crippen molar-refractivity contribution in [3.63, 3.8) is 0 Å². The summed E-state index contributed by atoms with van der Waals surface area (Å²) in [6, 6.07) is 2.19. The largest absolute Gasteiger partial charge is 0.511 e. The van der Waals surface area contributed by atoms with E-state index >= 15 is 0 Å². The van der Waals surface area contributed by atoms with Gasteiger partial charge >= 0.3 is 6.98 Å². The van der Waals surface area contributed by atoms with E-state index in [4.69, 9.17) is 4.74 Å². The van der Waals surface area contributed by atoms with Crippen molar-refractivity contribution >= 4 is 12.4 Å². The monoisotopic (exact) mass is 190 g/mol. The molecule has 72 valence electrons. The normalized spacial score (nSPS) is 11.4. The van der Waals surface area contributed by atoms with E-state index in [-0.39, 0.29) is 5.88 Å². The molecule has 0 unspecified atom stereocenters. The average Bonchev–Trinajstić information content (AvgIpc) is 2.04. The molecule has 0 aliphatic heterocycles. The molecule has 0 aliphatic carbocycles. The first-order valence-electron chi connectivity index (χ1n) is 3.82. The first-order valence-corrected chi connectivity index (χ1v) is 3.82. The molecule has 13 heavy (non-hydrogen) atoms. The third-order valence-corrected chi connectivity index (χ3v) is 1.43. The van der Waals surface area contributed by atoms with Crippen LogP contribution in [0.1, 0.15) is 6.92 Å². The van der Waals surface area contributed by atoms with E-state index in [1.807, 2.05) is 0 Å². The van der Waals surface area contributed by atoms with Gasteiger partial charge in [-0.1, -0.05) is 11.5 Å². The van der Waals surface area contributed by atoms with Crippen molar-refractivity contribution in [2.24, 2.45) is 0 Å². The summed E-state index contributed by atoms with van der Waals surface area (Å²) in [4.78, 5) is 3.51. The molecule has 0 aliphatic rings. The van der Waals surface area contributed by atoms with E-state index in [0.29, 0.717) is 6.61 Å². The lowest BCUT2D eigenvalue weighted by Gasteiger charge is -2.13. The molecular weight excluding hydrogens is 182 g/mol. The Balaban J connectivity index is 2.81. The maximum absolute atomic E-state index is 12.1. The van der Waals surface area contributed by atoms with Gasteiger partial charge in [0.1, 0.15) is 0 Å². The van der Waals surface area contributed by atoms with Gasteiger partial charge in [-0.05, 0) is 13.0 Å².